The van der Waals surface area contributed by atoms with Crippen molar-refractivity contribution in [3.8, 4) is 0 Å². The Labute approximate surface area is 146 Å². The predicted molar refractivity (Wildman–Crippen MR) is 98.4 cm³/mol. The van der Waals surface area contributed by atoms with Crippen molar-refractivity contribution in [3.63, 3.8) is 0 Å². The third-order valence-corrected chi connectivity index (χ3v) is 5.87. The molecule has 5 nitrogen and oxygen atoms in total. The normalized spacial score (nSPS) is 19.7. The van der Waals surface area contributed by atoms with Gasteiger partial charge in [-0.05, 0) is 25.0 Å². The monoisotopic (exact) mass is 342 g/mol. The molecule has 126 valence electrons. The lowest BCUT2D eigenvalue weighted by Crippen LogP contribution is -2.45. The third kappa shape index (κ3) is 3.20. The molecule has 0 unspecified atom stereocenters. The molecule has 0 spiro atoms. The highest BCUT2D eigenvalue weighted by molar-refractivity contribution is 7.99. The molecule has 1 aromatic carbocycles. The fraction of sp³-hybridized carbons (Fsp3) is 0.500. The number of piperidine rings is 1. The van der Waals surface area contributed by atoms with E-state index in [0.717, 1.165) is 67.4 Å². The van der Waals surface area contributed by atoms with Crippen molar-refractivity contribution >= 4 is 34.5 Å². The number of hydrogen-bond acceptors (Lipinski definition) is 5. The van der Waals surface area contributed by atoms with Crippen LogP contribution < -0.4 is 4.90 Å². The minimum atomic E-state index is 0.178. The third-order valence-electron chi connectivity index (χ3n) is 4.93. The van der Waals surface area contributed by atoms with Gasteiger partial charge in [-0.1, -0.05) is 12.1 Å². The molecule has 0 N–H and O–H groups in total. The number of nitrogens with zero attached hydrogens (tertiary/aromatic N) is 4. The highest BCUT2D eigenvalue weighted by Crippen LogP contribution is 2.25. The maximum atomic E-state index is 12.6. The highest BCUT2D eigenvalue weighted by atomic mass is 32.2. The average molecular weight is 342 g/mol. The first-order valence-electron chi connectivity index (χ1n) is 8.64. The lowest BCUT2D eigenvalue weighted by Gasteiger charge is -2.35. The molecular formula is C18H22N4OS. The Hall–Kier alpha value is -1.82. The summed E-state index contributed by atoms with van der Waals surface area (Å²) in [6.45, 7) is 3.60. The van der Waals surface area contributed by atoms with Gasteiger partial charge in [0.25, 0.3) is 0 Å². The molecule has 0 bridgehead atoms. The summed E-state index contributed by atoms with van der Waals surface area (Å²) in [4.78, 5) is 26.2. The molecule has 1 aromatic heterocycles. The summed E-state index contributed by atoms with van der Waals surface area (Å²) in [5.74, 6) is 3.63. The van der Waals surface area contributed by atoms with Crippen LogP contribution in [0.25, 0.3) is 11.0 Å². The summed E-state index contributed by atoms with van der Waals surface area (Å²) in [7, 11) is 0. The summed E-state index contributed by atoms with van der Waals surface area (Å²) in [6.07, 6.45) is 3.68. The molecule has 2 fully saturated rings. The van der Waals surface area contributed by atoms with E-state index in [0.29, 0.717) is 5.91 Å². The van der Waals surface area contributed by atoms with Crippen LogP contribution in [0.2, 0.25) is 0 Å². The lowest BCUT2D eigenvalue weighted by molar-refractivity contribution is -0.135. The van der Waals surface area contributed by atoms with Gasteiger partial charge in [0.1, 0.15) is 5.82 Å². The molecule has 2 aliphatic heterocycles. The first-order valence-corrected chi connectivity index (χ1v) is 9.80. The van der Waals surface area contributed by atoms with E-state index in [4.69, 9.17) is 4.98 Å². The first kappa shape index (κ1) is 15.7. The van der Waals surface area contributed by atoms with Gasteiger partial charge in [0.15, 0.2) is 0 Å². The number of carbonyl (C=O) groups excluding carboxylic acids is 1. The number of aromatic nitrogens is 2. The van der Waals surface area contributed by atoms with Crippen LogP contribution >= 0.6 is 11.8 Å². The number of fused-ring (bicyclic) bond motifs is 1. The second-order valence-electron chi connectivity index (χ2n) is 6.42. The maximum Gasteiger partial charge on any atom is 0.225 e. The van der Waals surface area contributed by atoms with E-state index in [-0.39, 0.29) is 5.92 Å². The van der Waals surface area contributed by atoms with Gasteiger partial charge in [-0.25, -0.2) is 4.98 Å². The van der Waals surface area contributed by atoms with Crippen LogP contribution in [-0.4, -0.2) is 58.5 Å². The molecule has 4 rings (SSSR count). The lowest BCUT2D eigenvalue weighted by atomic mass is 9.95. The predicted octanol–water partition coefficient (Wildman–Crippen LogP) is 2.42. The molecule has 2 saturated heterocycles. The summed E-state index contributed by atoms with van der Waals surface area (Å²) in [6, 6.07) is 7.94. The second-order valence-corrected chi connectivity index (χ2v) is 7.64. The van der Waals surface area contributed by atoms with Gasteiger partial charge < -0.3 is 9.80 Å². The molecule has 3 heterocycles. The van der Waals surface area contributed by atoms with E-state index in [2.05, 4.69) is 14.8 Å². The van der Waals surface area contributed by atoms with Gasteiger partial charge in [0, 0.05) is 43.6 Å². The number of amides is 1. The largest absolute Gasteiger partial charge is 0.355 e. The number of hydrogen-bond donors (Lipinski definition) is 0. The fourth-order valence-corrected chi connectivity index (χ4v) is 4.40. The Balaban J connectivity index is 1.40. The van der Waals surface area contributed by atoms with Crippen LogP contribution in [0.4, 0.5) is 5.82 Å². The van der Waals surface area contributed by atoms with Gasteiger partial charge in [0.2, 0.25) is 5.91 Å². The van der Waals surface area contributed by atoms with Crippen LogP contribution in [0.15, 0.2) is 30.5 Å². The Bertz CT molecular complexity index is 724. The summed E-state index contributed by atoms with van der Waals surface area (Å²) >= 11 is 1.94. The van der Waals surface area contributed by atoms with Crippen LogP contribution in [0.5, 0.6) is 0 Å². The first-order chi connectivity index (χ1) is 11.8. The quantitative estimate of drug-likeness (QED) is 0.839. The molecule has 6 heteroatoms. The highest BCUT2D eigenvalue weighted by Gasteiger charge is 2.29. The van der Waals surface area contributed by atoms with Gasteiger partial charge in [0.05, 0.1) is 17.2 Å². The van der Waals surface area contributed by atoms with Crippen molar-refractivity contribution in [3.05, 3.63) is 30.5 Å². The number of thioether (sulfide) groups is 1. The Kier molecular flexibility index (Phi) is 4.56. The van der Waals surface area contributed by atoms with Crippen LogP contribution in [-0.2, 0) is 4.79 Å². The van der Waals surface area contributed by atoms with Crippen LogP contribution in [0, 0.1) is 5.92 Å². The van der Waals surface area contributed by atoms with Crippen LogP contribution in [0.3, 0.4) is 0 Å². The molecule has 24 heavy (non-hydrogen) atoms. The summed E-state index contributed by atoms with van der Waals surface area (Å²) in [5.41, 5.74) is 1.85. The molecule has 0 atom stereocenters. The minimum absolute atomic E-state index is 0.178. The van der Waals surface area contributed by atoms with Crippen molar-refractivity contribution in [2.45, 2.75) is 12.8 Å². The number of anilines is 1. The number of carbonyl (C=O) groups is 1. The minimum Gasteiger partial charge on any atom is -0.355 e. The van der Waals surface area contributed by atoms with Gasteiger partial charge in [-0.15, -0.1) is 0 Å². The standard InChI is InChI=1S/C18H22N4OS/c23-18(22-9-11-24-12-10-22)14-5-7-21(8-6-14)17-13-19-15-3-1-2-4-16(15)20-17/h1-4,13-14H,5-12H2. The fourth-order valence-electron chi connectivity index (χ4n) is 3.50. The zero-order valence-corrected chi connectivity index (χ0v) is 14.5. The molecule has 2 aliphatic rings. The molecule has 0 saturated carbocycles. The van der Waals surface area contributed by atoms with E-state index in [1.165, 1.54) is 0 Å². The zero-order valence-electron chi connectivity index (χ0n) is 13.7. The number of benzene rings is 1. The molecule has 0 aliphatic carbocycles. The van der Waals surface area contributed by atoms with Gasteiger partial charge in [-0.2, -0.15) is 11.8 Å². The van der Waals surface area contributed by atoms with Gasteiger partial charge in [-0.3, -0.25) is 9.78 Å². The van der Waals surface area contributed by atoms with E-state index in [9.17, 15) is 4.79 Å². The van der Waals surface area contributed by atoms with Gasteiger partial charge >= 0.3 is 0 Å². The molecular weight excluding hydrogens is 320 g/mol. The SMILES string of the molecule is O=C(C1CCN(c2cnc3ccccc3n2)CC1)N1CCSCC1. The molecule has 1 amide bonds. The maximum absolute atomic E-state index is 12.6. The van der Waals surface area contributed by atoms with E-state index < -0.39 is 0 Å². The Morgan fingerprint density at radius 2 is 1.75 bits per heavy atom. The van der Waals surface area contributed by atoms with E-state index >= 15 is 0 Å². The average Bonchev–Trinajstić information content (AvgIpc) is 2.68. The topological polar surface area (TPSA) is 49.3 Å². The van der Waals surface area contributed by atoms with Crippen molar-refractivity contribution in [2.24, 2.45) is 5.92 Å². The van der Waals surface area contributed by atoms with Crippen molar-refractivity contribution in [2.75, 3.05) is 42.6 Å². The smallest absolute Gasteiger partial charge is 0.225 e. The van der Waals surface area contributed by atoms with Crippen molar-refractivity contribution < 1.29 is 4.79 Å². The van der Waals surface area contributed by atoms with E-state index in [1.807, 2.05) is 42.2 Å². The molecule has 0 radical (unpaired) electrons. The zero-order chi connectivity index (χ0) is 16.4. The number of rotatable bonds is 2. The van der Waals surface area contributed by atoms with E-state index in [1.54, 1.807) is 0 Å². The Morgan fingerprint density at radius 1 is 1.04 bits per heavy atom. The van der Waals surface area contributed by atoms with Crippen molar-refractivity contribution in [1.29, 1.82) is 0 Å². The summed E-state index contributed by atoms with van der Waals surface area (Å²) in [5, 5.41) is 0. The van der Waals surface area contributed by atoms with Crippen LogP contribution in [0.1, 0.15) is 12.8 Å². The summed E-state index contributed by atoms with van der Waals surface area (Å²) < 4.78 is 0. The second kappa shape index (κ2) is 6.97. The number of para-hydroxylation sites is 2. The molecule has 2 aromatic rings. The Morgan fingerprint density at radius 3 is 2.50 bits per heavy atom. The van der Waals surface area contributed by atoms with Crippen molar-refractivity contribution in [1.82, 2.24) is 14.9 Å².